The van der Waals surface area contributed by atoms with Gasteiger partial charge in [0.15, 0.2) is 0 Å². The molecule has 0 bridgehead atoms. The maximum atomic E-state index is 12.9. The minimum absolute atomic E-state index is 0.0684. The van der Waals surface area contributed by atoms with E-state index >= 15 is 0 Å². The van der Waals surface area contributed by atoms with Crippen molar-refractivity contribution >= 4 is 34.9 Å². The van der Waals surface area contributed by atoms with Crippen molar-refractivity contribution in [2.24, 2.45) is 11.8 Å². The monoisotopic (exact) mass is 620 g/mol. The maximum Gasteiger partial charge on any atom is 0.331 e. The van der Waals surface area contributed by atoms with Gasteiger partial charge in [-0.3, -0.25) is 9.59 Å². The van der Waals surface area contributed by atoms with Crippen LogP contribution in [-0.4, -0.2) is 35.8 Å². The summed E-state index contributed by atoms with van der Waals surface area (Å²) in [5.74, 6) is -0.994. The molecule has 238 valence electrons. The van der Waals surface area contributed by atoms with Crippen molar-refractivity contribution in [2.75, 3.05) is 0 Å². The molecule has 5 rings (SSSR count). The molecule has 2 amide bonds. The largest absolute Gasteiger partial charge is 0.458 e. The number of amides is 2. The Morgan fingerprint density at radius 3 is 1.33 bits per heavy atom. The fourth-order valence-corrected chi connectivity index (χ4v) is 5.88. The average molecular weight is 621 g/mol. The fraction of sp³-hybridized carbons (Fsp3) is 0.316. The van der Waals surface area contributed by atoms with Gasteiger partial charge in [-0.25, -0.2) is 9.59 Å². The van der Waals surface area contributed by atoms with Gasteiger partial charge in [0, 0.05) is 23.3 Å². The molecule has 4 atom stereocenters. The number of ether oxygens (including phenoxy) is 2. The van der Waals surface area contributed by atoms with Crippen molar-refractivity contribution in [2.45, 2.75) is 65.8 Å². The van der Waals surface area contributed by atoms with Crippen molar-refractivity contribution in [1.82, 2.24) is 10.6 Å². The summed E-state index contributed by atoms with van der Waals surface area (Å²) in [5, 5.41) is 6.09. The predicted octanol–water partition coefficient (Wildman–Crippen LogP) is 6.26. The first kappa shape index (κ1) is 32.4. The lowest BCUT2D eigenvalue weighted by atomic mass is 9.82. The Morgan fingerprint density at radius 2 is 0.978 bits per heavy atom. The van der Waals surface area contributed by atoms with E-state index in [9.17, 15) is 19.2 Å². The van der Waals surface area contributed by atoms with Crippen molar-refractivity contribution in [3.05, 3.63) is 118 Å². The molecule has 46 heavy (non-hydrogen) atoms. The van der Waals surface area contributed by atoms with Crippen LogP contribution in [0.4, 0.5) is 0 Å². The fourth-order valence-electron chi connectivity index (χ4n) is 5.88. The molecule has 0 fully saturated rings. The quantitative estimate of drug-likeness (QED) is 0.205. The van der Waals surface area contributed by atoms with Crippen LogP contribution in [0.1, 0.15) is 83.5 Å². The van der Waals surface area contributed by atoms with E-state index in [4.69, 9.17) is 9.47 Å². The molecule has 0 saturated carbocycles. The van der Waals surface area contributed by atoms with Crippen LogP contribution in [0.3, 0.4) is 0 Å². The summed E-state index contributed by atoms with van der Waals surface area (Å²) in [4.78, 5) is 51.2. The third-order valence-electron chi connectivity index (χ3n) is 8.97. The van der Waals surface area contributed by atoms with Gasteiger partial charge < -0.3 is 20.1 Å². The van der Waals surface area contributed by atoms with Gasteiger partial charge in [-0.1, -0.05) is 101 Å². The predicted molar refractivity (Wildman–Crippen MR) is 176 cm³/mol. The number of nitrogens with one attached hydrogen (secondary N) is 2. The number of hydrogen-bond acceptors (Lipinski definition) is 6. The molecular weight excluding hydrogens is 580 g/mol. The van der Waals surface area contributed by atoms with Crippen LogP contribution in [0.15, 0.2) is 84.9 Å². The van der Waals surface area contributed by atoms with Crippen molar-refractivity contribution in [3.8, 4) is 0 Å². The van der Waals surface area contributed by atoms with Gasteiger partial charge in [-0.2, -0.15) is 0 Å². The highest BCUT2D eigenvalue weighted by atomic mass is 16.5. The van der Waals surface area contributed by atoms with Gasteiger partial charge in [0.25, 0.3) is 11.8 Å². The van der Waals surface area contributed by atoms with Gasteiger partial charge in [0.1, 0.15) is 13.2 Å². The Hall–Kier alpha value is -4.98. The minimum Gasteiger partial charge on any atom is -0.458 e. The Balaban J connectivity index is 1.21. The number of benzene rings is 3. The lowest BCUT2D eigenvalue weighted by Gasteiger charge is -2.32. The summed E-state index contributed by atoms with van der Waals surface area (Å²) in [7, 11) is 0. The normalized spacial score (nSPS) is 20.2. The maximum absolute atomic E-state index is 12.9. The molecule has 2 aliphatic rings. The summed E-state index contributed by atoms with van der Waals surface area (Å²) in [6, 6.07) is 21.3. The zero-order valence-electron chi connectivity index (χ0n) is 26.7. The van der Waals surface area contributed by atoms with Crippen LogP contribution in [0.2, 0.25) is 0 Å². The van der Waals surface area contributed by atoms with Crippen molar-refractivity contribution < 1.29 is 28.7 Å². The number of carbonyl (C=O) groups is 4. The highest BCUT2D eigenvalue weighted by molar-refractivity contribution is 6.07. The molecular formula is C38H40N2O6. The highest BCUT2D eigenvalue weighted by Gasteiger charge is 2.33. The molecule has 0 spiro atoms. The molecule has 0 radical (unpaired) electrons. The van der Waals surface area contributed by atoms with Crippen LogP contribution in [0.25, 0.3) is 11.1 Å². The molecule has 0 aliphatic carbocycles. The SMILES string of the molecule is CC[C@H](C)[C@@H]1NC(=O)c2ccccc2/C1=C/C(=O)OCc1ccc(COC(=O)/C=C2/c3ccccc3C(=O)N[C@H]2[C@@H](C)CC)cc1. The molecule has 2 heterocycles. The minimum atomic E-state index is -0.489. The van der Waals surface area contributed by atoms with Gasteiger partial charge in [-0.05, 0) is 57.4 Å². The third kappa shape index (κ3) is 7.12. The molecule has 0 saturated heterocycles. The van der Waals surface area contributed by atoms with E-state index in [0.717, 1.165) is 46.2 Å². The summed E-state index contributed by atoms with van der Waals surface area (Å²) in [6.45, 7) is 8.33. The van der Waals surface area contributed by atoms with Crippen LogP contribution >= 0.6 is 0 Å². The van der Waals surface area contributed by atoms with Gasteiger partial charge >= 0.3 is 11.9 Å². The van der Waals surface area contributed by atoms with E-state index in [1.54, 1.807) is 24.3 Å². The highest BCUT2D eigenvalue weighted by Crippen LogP contribution is 2.33. The molecule has 3 aromatic carbocycles. The van der Waals surface area contributed by atoms with Crippen LogP contribution in [-0.2, 0) is 32.3 Å². The van der Waals surface area contributed by atoms with Crippen LogP contribution < -0.4 is 10.6 Å². The van der Waals surface area contributed by atoms with Gasteiger partial charge in [0.2, 0.25) is 0 Å². The summed E-state index contributed by atoms with van der Waals surface area (Å²) >= 11 is 0. The van der Waals surface area contributed by atoms with E-state index < -0.39 is 11.9 Å². The number of fused-ring (bicyclic) bond motifs is 2. The third-order valence-corrected chi connectivity index (χ3v) is 8.97. The second-order valence-corrected chi connectivity index (χ2v) is 12.0. The Morgan fingerprint density at radius 1 is 0.630 bits per heavy atom. The Bertz CT molecular complexity index is 1560. The van der Waals surface area contributed by atoms with Gasteiger partial charge in [0.05, 0.1) is 12.1 Å². The number of hydrogen-bond donors (Lipinski definition) is 2. The smallest absolute Gasteiger partial charge is 0.331 e. The summed E-state index contributed by atoms with van der Waals surface area (Å²) in [5.41, 5.74) is 5.63. The van der Waals surface area contributed by atoms with E-state index in [-0.39, 0.29) is 48.9 Å². The molecule has 8 heteroatoms. The number of rotatable bonds is 10. The van der Waals surface area contributed by atoms with Crippen LogP contribution in [0.5, 0.6) is 0 Å². The van der Waals surface area contributed by atoms with E-state index in [1.165, 1.54) is 12.2 Å². The second kappa shape index (κ2) is 14.4. The molecule has 8 nitrogen and oxygen atoms in total. The molecule has 0 unspecified atom stereocenters. The standard InChI is InChI=1S/C38H40N2O6/c1-5-23(3)35-31(27-11-7-9-13-29(27)37(43)39-35)19-33(41)45-21-25-15-17-26(18-16-25)22-46-34(42)20-32-28-12-8-10-14-30(28)38(44)40-36(32)24(4)6-2/h7-20,23-24,35-36H,5-6,21-22H2,1-4H3,(H,39,43)(H,40,44)/b31-19-,32-20-/t23-,24-,35-,36-/m0/s1. The zero-order valence-corrected chi connectivity index (χ0v) is 26.7. The van der Waals surface area contributed by atoms with Gasteiger partial charge in [-0.15, -0.1) is 0 Å². The lowest BCUT2D eigenvalue weighted by Crippen LogP contribution is -2.44. The van der Waals surface area contributed by atoms with E-state index in [2.05, 4.69) is 24.5 Å². The van der Waals surface area contributed by atoms with Crippen molar-refractivity contribution in [1.29, 1.82) is 0 Å². The molecule has 2 aliphatic heterocycles. The summed E-state index contributed by atoms with van der Waals surface area (Å²) < 4.78 is 11.2. The molecule has 0 aromatic heterocycles. The summed E-state index contributed by atoms with van der Waals surface area (Å²) in [6.07, 6.45) is 4.64. The second-order valence-electron chi connectivity index (χ2n) is 12.0. The van der Waals surface area contributed by atoms with E-state index in [0.29, 0.717) is 11.1 Å². The Kier molecular flexibility index (Phi) is 10.2. The first-order valence-corrected chi connectivity index (χ1v) is 15.8. The van der Waals surface area contributed by atoms with Crippen molar-refractivity contribution in [3.63, 3.8) is 0 Å². The lowest BCUT2D eigenvalue weighted by molar-refractivity contribution is -0.139. The first-order chi connectivity index (χ1) is 22.2. The topological polar surface area (TPSA) is 111 Å². The number of esters is 2. The van der Waals surface area contributed by atoms with Crippen LogP contribution in [0, 0.1) is 11.8 Å². The Labute approximate surface area is 269 Å². The molecule has 2 N–H and O–H groups in total. The average Bonchev–Trinajstić information content (AvgIpc) is 3.08. The van der Waals surface area contributed by atoms with E-state index in [1.807, 2.05) is 62.4 Å². The zero-order chi connectivity index (χ0) is 32.8. The number of carbonyl (C=O) groups excluding carboxylic acids is 4. The first-order valence-electron chi connectivity index (χ1n) is 15.8. The molecule has 3 aromatic rings.